The molecule has 6 heteroatoms. The van der Waals surface area contributed by atoms with Crippen molar-refractivity contribution in [2.75, 3.05) is 32.5 Å². The Balaban J connectivity index is 2.59. The van der Waals surface area contributed by atoms with Crippen LogP contribution in [0.5, 0.6) is 0 Å². The van der Waals surface area contributed by atoms with Gasteiger partial charge in [-0.2, -0.15) is 0 Å². The van der Waals surface area contributed by atoms with E-state index in [0.29, 0.717) is 10.6 Å². The summed E-state index contributed by atoms with van der Waals surface area (Å²) in [4.78, 5) is 21.8. The summed E-state index contributed by atoms with van der Waals surface area (Å²) in [6, 6.07) is 0. The highest BCUT2D eigenvalue weighted by Crippen LogP contribution is 2.19. The number of aromatic nitrogens is 2. The molecule has 0 spiro atoms. The van der Waals surface area contributed by atoms with Gasteiger partial charge >= 0.3 is 5.97 Å². The number of carbonyl (C=O) groups excluding carboxylic acids is 1. The standard InChI is InChI=1S/C12H19N3O2S/c1-4-15(5-2)6-7-18-11-10(12(16)17-3)8-13-9-14-11/h8-9H,4-7H2,1-3H3. The first kappa shape index (κ1) is 14.9. The van der Waals surface area contributed by atoms with Crippen LogP contribution in [-0.2, 0) is 4.74 Å². The molecular formula is C12H19N3O2S. The molecule has 0 unspecified atom stereocenters. The van der Waals surface area contributed by atoms with Crippen LogP contribution < -0.4 is 0 Å². The zero-order valence-electron chi connectivity index (χ0n) is 11.0. The minimum absolute atomic E-state index is 0.388. The first-order valence-electron chi connectivity index (χ1n) is 5.96. The fourth-order valence-corrected chi connectivity index (χ4v) is 2.45. The molecule has 0 atom stereocenters. The van der Waals surface area contributed by atoms with Gasteiger partial charge in [0.05, 0.1) is 7.11 Å². The molecule has 100 valence electrons. The highest BCUT2D eigenvalue weighted by Gasteiger charge is 2.13. The molecule has 1 rings (SSSR count). The number of thioether (sulfide) groups is 1. The number of rotatable bonds is 7. The molecule has 0 amide bonds. The van der Waals surface area contributed by atoms with Gasteiger partial charge in [-0.1, -0.05) is 13.8 Å². The summed E-state index contributed by atoms with van der Waals surface area (Å²) in [5.74, 6) is 0.504. The van der Waals surface area contributed by atoms with E-state index in [0.717, 1.165) is 25.4 Å². The van der Waals surface area contributed by atoms with Crippen LogP contribution in [0.1, 0.15) is 24.2 Å². The van der Waals surface area contributed by atoms with Crippen LogP contribution in [0.15, 0.2) is 17.6 Å². The number of nitrogens with zero attached hydrogens (tertiary/aromatic N) is 3. The van der Waals surface area contributed by atoms with Gasteiger partial charge in [-0.05, 0) is 13.1 Å². The second-order valence-corrected chi connectivity index (χ2v) is 4.69. The van der Waals surface area contributed by atoms with E-state index in [9.17, 15) is 4.79 Å². The fourth-order valence-electron chi connectivity index (χ4n) is 1.49. The van der Waals surface area contributed by atoms with Gasteiger partial charge in [0, 0.05) is 18.5 Å². The summed E-state index contributed by atoms with van der Waals surface area (Å²) in [7, 11) is 1.36. The second-order valence-electron chi connectivity index (χ2n) is 3.61. The van der Waals surface area contributed by atoms with Crippen LogP contribution in [0.3, 0.4) is 0 Å². The van der Waals surface area contributed by atoms with Crippen LogP contribution in [0.2, 0.25) is 0 Å². The summed E-state index contributed by atoms with van der Waals surface area (Å²) in [6.45, 7) is 7.31. The lowest BCUT2D eigenvalue weighted by atomic mass is 10.3. The average Bonchev–Trinajstić information content (AvgIpc) is 2.43. The smallest absolute Gasteiger partial charge is 0.342 e. The molecule has 0 aliphatic heterocycles. The van der Waals surface area contributed by atoms with E-state index in [4.69, 9.17) is 4.74 Å². The predicted molar refractivity (Wildman–Crippen MR) is 71.9 cm³/mol. The first-order chi connectivity index (χ1) is 8.72. The Morgan fingerprint density at radius 2 is 2.17 bits per heavy atom. The quantitative estimate of drug-likeness (QED) is 0.426. The zero-order valence-corrected chi connectivity index (χ0v) is 11.9. The average molecular weight is 269 g/mol. The Labute approximate surface area is 112 Å². The highest BCUT2D eigenvalue weighted by molar-refractivity contribution is 7.99. The summed E-state index contributed by atoms with van der Waals surface area (Å²) >= 11 is 1.56. The molecule has 0 bridgehead atoms. The predicted octanol–water partition coefficient (Wildman–Crippen LogP) is 1.70. The second kappa shape index (κ2) is 8.05. The van der Waals surface area contributed by atoms with Crippen LogP contribution in [0, 0.1) is 0 Å². The van der Waals surface area contributed by atoms with Crippen molar-refractivity contribution in [3.63, 3.8) is 0 Å². The van der Waals surface area contributed by atoms with Gasteiger partial charge in [0.15, 0.2) is 0 Å². The highest BCUT2D eigenvalue weighted by atomic mass is 32.2. The van der Waals surface area contributed by atoms with E-state index < -0.39 is 0 Å². The number of carbonyl (C=O) groups is 1. The van der Waals surface area contributed by atoms with Crippen LogP contribution in [0.25, 0.3) is 0 Å². The monoisotopic (exact) mass is 269 g/mol. The van der Waals surface area contributed by atoms with Crippen molar-refractivity contribution < 1.29 is 9.53 Å². The lowest BCUT2D eigenvalue weighted by Crippen LogP contribution is -2.25. The molecule has 18 heavy (non-hydrogen) atoms. The molecule has 0 N–H and O–H groups in total. The third kappa shape index (κ3) is 4.27. The van der Waals surface area contributed by atoms with Gasteiger partial charge in [-0.3, -0.25) is 0 Å². The van der Waals surface area contributed by atoms with Crippen LogP contribution in [-0.4, -0.2) is 53.3 Å². The van der Waals surface area contributed by atoms with Crippen molar-refractivity contribution in [3.8, 4) is 0 Å². The minimum atomic E-state index is -0.388. The van der Waals surface area contributed by atoms with E-state index in [1.54, 1.807) is 11.8 Å². The van der Waals surface area contributed by atoms with Crippen LogP contribution >= 0.6 is 11.8 Å². The van der Waals surface area contributed by atoms with Crippen molar-refractivity contribution in [3.05, 3.63) is 18.1 Å². The molecule has 0 fully saturated rings. The molecule has 1 aromatic heterocycles. The Kier molecular flexibility index (Phi) is 6.67. The summed E-state index contributed by atoms with van der Waals surface area (Å²) in [6.07, 6.45) is 2.95. The number of hydrogen-bond acceptors (Lipinski definition) is 6. The minimum Gasteiger partial charge on any atom is -0.465 e. The molecule has 0 radical (unpaired) electrons. The topological polar surface area (TPSA) is 55.3 Å². The van der Waals surface area contributed by atoms with E-state index >= 15 is 0 Å². The Morgan fingerprint density at radius 3 is 2.78 bits per heavy atom. The third-order valence-electron chi connectivity index (χ3n) is 2.62. The number of methoxy groups -OCH3 is 1. The summed E-state index contributed by atoms with van der Waals surface area (Å²) < 4.78 is 4.70. The van der Waals surface area contributed by atoms with Gasteiger partial charge in [0.25, 0.3) is 0 Å². The van der Waals surface area contributed by atoms with E-state index in [2.05, 4.69) is 28.7 Å². The van der Waals surface area contributed by atoms with Gasteiger partial charge < -0.3 is 9.64 Å². The van der Waals surface area contributed by atoms with Gasteiger partial charge in [-0.25, -0.2) is 14.8 Å². The van der Waals surface area contributed by atoms with Crippen molar-refractivity contribution in [2.24, 2.45) is 0 Å². The van der Waals surface area contributed by atoms with Gasteiger partial charge in [0.1, 0.15) is 16.9 Å². The van der Waals surface area contributed by atoms with Crippen molar-refractivity contribution >= 4 is 17.7 Å². The Morgan fingerprint density at radius 1 is 1.44 bits per heavy atom. The number of ether oxygens (including phenoxy) is 1. The maximum atomic E-state index is 11.5. The first-order valence-corrected chi connectivity index (χ1v) is 6.94. The van der Waals surface area contributed by atoms with Crippen molar-refractivity contribution in [2.45, 2.75) is 18.9 Å². The number of hydrogen-bond donors (Lipinski definition) is 0. The molecule has 5 nitrogen and oxygen atoms in total. The lowest BCUT2D eigenvalue weighted by molar-refractivity contribution is 0.0595. The Bertz CT molecular complexity index is 383. The Hall–Kier alpha value is -1.14. The van der Waals surface area contributed by atoms with Crippen LogP contribution in [0.4, 0.5) is 0 Å². The number of esters is 1. The van der Waals surface area contributed by atoms with E-state index in [1.807, 2.05) is 0 Å². The van der Waals surface area contributed by atoms with Crippen molar-refractivity contribution in [1.82, 2.24) is 14.9 Å². The van der Waals surface area contributed by atoms with E-state index in [1.165, 1.54) is 19.6 Å². The van der Waals surface area contributed by atoms with Gasteiger partial charge in [-0.15, -0.1) is 11.8 Å². The van der Waals surface area contributed by atoms with E-state index in [-0.39, 0.29) is 5.97 Å². The summed E-state index contributed by atoms with van der Waals surface area (Å²) in [5, 5.41) is 0.684. The normalized spacial score (nSPS) is 10.7. The molecule has 1 aromatic rings. The molecule has 0 saturated heterocycles. The molecule has 0 aliphatic carbocycles. The van der Waals surface area contributed by atoms with Crippen molar-refractivity contribution in [1.29, 1.82) is 0 Å². The maximum absolute atomic E-state index is 11.5. The zero-order chi connectivity index (χ0) is 13.4. The molecule has 0 aliphatic rings. The summed E-state index contributed by atoms with van der Waals surface area (Å²) in [5.41, 5.74) is 0.435. The molecule has 0 aromatic carbocycles. The third-order valence-corrected chi connectivity index (χ3v) is 3.61. The SMILES string of the molecule is CCN(CC)CCSc1ncncc1C(=O)OC. The largest absolute Gasteiger partial charge is 0.465 e. The molecule has 1 heterocycles. The van der Waals surface area contributed by atoms with Gasteiger partial charge in [0.2, 0.25) is 0 Å². The molecular weight excluding hydrogens is 250 g/mol. The fraction of sp³-hybridized carbons (Fsp3) is 0.583. The lowest BCUT2D eigenvalue weighted by Gasteiger charge is -2.17. The maximum Gasteiger partial charge on any atom is 0.342 e. The molecule has 0 saturated carbocycles.